The predicted octanol–water partition coefficient (Wildman–Crippen LogP) is 3.95. The number of aliphatic hydroxyl groups excluding tert-OH is 1. The molecule has 1 unspecified atom stereocenters. The maximum absolute atomic E-state index is 9.66. The second kappa shape index (κ2) is 7.75. The molecule has 0 saturated carbocycles. The van der Waals surface area contributed by atoms with Gasteiger partial charge in [0.25, 0.3) is 0 Å². The molecule has 0 aromatic carbocycles. The van der Waals surface area contributed by atoms with Crippen LogP contribution in [0.5, 0.6) is 0 Å². The number of alkyl halides is 1. The van der Waals surface area contributed by atoms with Gasteiger partial charge in [0.15, 0.2) is 0 Å². The maximum atomic E-state index is 9.66. The molecule has 0 spiro atoms. The summed E-state index contributed by atoms with van der Waals surface area (Å²) in [6.07, 6.45) is 1.70. The summed E-state index contributed by atoms with van der Waals surface area (Å²) < 4.78 is 1.06. The van der Waals surface area contributed by atoms with Crippen molar-refractivity contribution in [1.29, 1.82) is 0 Å². The van der Waals surface area contributed by atoms with E-state index in [0.29, 0.717) is 6.42 Å². The molecule has 0 amide bonds. The Bertz CT molecular complexity index is 288. The van der Waals surface area contributed by atoms with Gasteiger partial charge in [0.2, 0.25) is 0 Å². The van der Waals surface area contributed by atoms with Crippen molar-refractivity contribution >= 4 is 42.3 Å². The fourth-order valence-corrected chi connectivity index (χ4v) is 2.76. The zero-order chi connectivity index (χ0) is 12.8. The highest BCUT2D eigenvalue weighted by Gasteiger charge is 2.11. The van der Waals surface area contributed by atoms with Crippen LogP contribution < -0.4 is 0 Å². The summed E-state index contributed by atoms with van der Waals surface area (Å²) in [6, 6.07) is 0. The third-order valence-electron chi connectivity index (χ3n) is 1.81. The summed E-state index contributed by atoms with van der Waals surface area (Å²) in [5.74, 6) is 2.92. The van der Waals surface area contributed by atoms with Gasteiger partial charge in [-0.1, -0.05) is 32.1 Å². The molecule has 0 bridgehead atoms. The lowest BCUT2D eigenvalue weighted by atomic mass is 10.1. The molecule has 1 N–H and O–H groups in total. The summed E-state index contributed by atoms with van der Waals surface area (Å²) in [6.45, 7) is 10.3. The fourth-order valence-electron chi connectivity index (χ4n) is 1.05. The van der Waals surface area contributed by atoms with Crippen LogP contribution in [-0.4, -0.2) is 24.7 Å². The second-order valence-corrected chi connectivity index (χ2v) is 11.8. The predicted molar refractivity (Wildman–Crippen MR) is 83.8 cm³/mol. The molecular weight excluding hydrogens is 351 g/mol. The minimum Gasteiger partial charge on any atom is -0.380 e. The van der Waals surface area contributed by atoms with Crippen LogP contribution in [0.25, 0.3) is 0 Å². The van der Waals surface area contributed by atoms with Crippen LogP contribution in [-0.2, 0) is 0 Å². The smallest absolute Gasteiger partial charge is 0.129 e. The monoisotopic (exact) mass is 370 g/mol. The molecule has 0 aliphatic carbocycles. The number of allylic oxidation sites excluding steroid dienone is 1. The Morgan fingerprint density at radius 2 is 2.00 bits per heavy atom. The minimum atomic E-state index is -1.37. The first kappa shape index (κ1) is 16.5. The summed E-state index contributed by atoms with van der Waals surface area (Å²) in [5.41, 5.74) is 3.16. The highest BCUT2D eigenvalue weighted by atomic mass is 127. The molecule has 0 aromatic rings. The van der Waals surface area contributed by atoms with Crippen molar-refractivity contribution in [2.24, 2.45) is 0 Å². The van der Waals surface area contributed by atoms with Crippen LogP contribution in [0.1, 0.15) is 19.3 Å². The third-order valence-corrected chi connectivity index (χ3v) is 3.52. The van der Waals surface area contributed by atoms with E-state index < -0.39 is 14.2 Å². The normalized spacial score (nSPS) is 14.9. The summed E-state index contributed by atoms with van der Waals surface area (Å²) in [7, 11) is -1.37. The maximum Gasteiger partial charge on any atom is 0.129 e. The van der Waals surface area contributed by atoms with Gasteiger partial charge in [0.05, 0.1) is 0 Å². The molecule has 0 aliphatic heterocycles. The van der Waals surface area contributed by atoms with E-state index in [-0.39, 0.29) is 5.38 Å². The van der Waals surface area contributed by atoms with Crippen LogP contribution in [0.4, 0.5) is 0 Å². The van der Waals surface area contributed by atoms with Crippen LogP contribution in [0, 0.1) is 11.5 Å². The Kier molecular flexibility index (Phi) is 7.99. The third kappa shape index (κ3) is 11.0. The first-order valence-corrected chi connectivity index (χ1v) is 10.4. The molecule has 92 valence electrons. The van der Waals surface area contributed by atoms with Gasteiger partial charge < -0.3 is 5.11 Å². The van der Waals surface area contributed by atoms with Gasteiger partial charge in [-0.3, -0.25) is 0 Å². The largest absolute Gasteiger partial charge is 0.380 e. The van der Waals surface area contributed by atoms with E-state index in [0.717, 1.165) is 16.4 Å². The van der Waals surface area contributed by atoms with E-state index in [9.17, 15) is 5.11 Å². The topological polar surface area (TPSA) is 20.2 Å². The molecule has 0 heterocycles. The molecule has 0 radical (unpaired) electrons. The first-order valence-electron chi connectivity index (χ1n) is 5.39. The van der Waals surface area contributed by atoms with E-state index in [1.807, 2.05) is 0 Å². The van der Waals surface area contributed by atoms with Crippen LogP contribution >= 0.6 is 34.2 Å². The van der Waals surface area contributed by atoms with E-state index in [4.69, 9.17) is 11.6 Å². The molecule has 2 atom stereocenters. The summed E-state index contributed by atoms with van der Waals surface area (Å²) in [4.78, 5) is 0. The van der Waals surface area contributed by atoms with Crippen molar-refractivity contribution in [3.05, 3.63) is 10.2 Å². The van der Waals surface area contributed by atoms with Gasteiger partial charge in [0.1, 0.15) is 14.2 Å². The first-order chi connectivity index (χ1) is 7.20. The molecule has 0 fully saturated rings. The number of rotatable bonds is 5. The molecule has 0 aliphatic rings. The van der Waals surface area contributed by atoms with Gasteiger partial charge in [-0.15, -0.1) is 17.1 Å². The van der Waals surface area contributed by atoms with E-state index in [2.05, 4.69) is 60.3 Å². The lowest BCUT2D eigenvalue weighted by Gasteiger charge is -2.10. The average molecular weight is 371 g/mol. The lowest BCUT2D eigenvalue weighted by molar-refractivity contribution is 0.218. The molecular formula is C12H20ClIOSi. The van der Waals surface area contributed by atoms with Crippen LogP contribution in [0.15, 0.2) is 10.2 Å². The SMILES string of the molecule is C=C(I)C[C@H](Cl)CCC(O)C#C[Si](C)(C)C. The molecule has 0 rings (SSSR count). The number of hydrogen-bond donors (Lipinski definition) is 1. The van der Waals surface area contributed by atoms with Crippen molar-refractivity contribution in [3.63, 3.8) is 0 Å². The molecule has 1 nitrogen and oxygen atoms in total. The van der Waals surface area contributed by atoms with Gasteiger partial charge in [-0.25, -0.2) is 0 Å². The van der Waals surface area contributed by atoms with Crippen molar-refractivity contribution in [3.8, 4) is 11.5 Å². The van der Waals surface area contributed by atoms with Crippen molar-refractivity contribution in [2.45, 2.75) is 50.4 Å². The fraction of sp³-hybridized carbons (Fsp3) is 0.667. The van der Waals surface area contributed by atoms with Crippen LogP contribution in [0.2, 0.25) is 19.6 Å². The molecule has 0 aromatic heterocycles. The number of hydrogen-bond acceptors (Lipinski definition) is 1. The highest BCUT2D eigenvalue weighted by Crippen LogP contribution is 2.19. The Labute approximate surface area is 119 Å². The Morgan fingerprint density at radius 1 is 1.44 bits per heavy atom. The van der Waals surface area contributed by atoms with Gasteiger partial charge >= 0.3 is 0 Å². The standard InChI is InChI=1S/C12H20ClIOSi/c1-10(14)9-11(13)5-6-12(15)7-8-16(2,3)4/h11-12,15H,1,5-6,9H2,2-4H3/t11-,12?/m1/s1. The zero-order valence-corrected chi connectivity index (χ0v) is 14.1. The van der Waals surface area contributed by atoms with Gasteiger partial charge in [-0.05, 0) is 45.4 Å². The zero-order valence-electron chi connectivity index (χ0n) is 10.2. The highest BCUT2D eigenvalue weighted by molar-refractivity contribution is 14.1. The van der Waals surface area contributed by atoms with E-state index >= 15 is 0 Å². The minimum absolute atomic E-state index is 0.0627. The Hall–Kier alpha value is 0.497. The van der Waals surface area contributed by atoms with Gasteiger partial charge in [0, 0.05) is 5.38 Å². The van der Waals surface area contributed by atoms with E-state index in [1.165, 1.54) is 0 Å². The Morgan fingerprint density at radius 3 is 2.44 bits per heavy atom. The second-order valence-electron chi connectivity index (χ2n) is 4.93. The van der Waals surface area contributed by atoms with Gasteiger partial charge in [-0.2, -0.15) is 0 Å². The average Bonchev–Trinajstić information content (AvgIpc) is 2.09. The summed E-state index contributed by atoms with van der Waals surface area (Å²) >= 11 is 8.27. The number of halogens is 2. The lowest BCUT2D eigenvalue weighted by Crippen LogP contribution is -2.18. The molecule has 16 heavy (non-hydrogen) atoms. The Balaban J connectivity index is 3.93. The number of aliphatic hydroxyl groups is 1. The van der Waals surface area contributed by atoms with Crippen molar-refractivity contribution in [2.75, 3.05) is 0 Å². The molecule has 4 heteroatoms. The van der Waals surface area contributed by atoms with Crippen molar-refractivity contribution < 1.29 is 5.11 Å². The van der Waals surface area contributed by atoms with E-state index in [1.54, 1.807) is 0 Å². The quantitative estimate of drug-likeness (QED) is 0.336. The van der Waals surface area contributed by atoms with Crippen molar-refractivity contribution in [1.82, 2.24) is 0 Å². The van der Waals surface area contributed by atoms with Crippen LogP contribution in [0.3, 0.4) is 0 Å². The summed E-state index contributed by atoms with van der Waals surface area (Å²) in [5, 5.41) is 9.72. The molecule has 0 saturated heterocycles.